The van der Waals surface area contributed by atoms with Crippen molar-refractivity contribution >= 4 is 57.3 Å². The highest BCUT2D eigenvalue weighted by Crippen LogP contribution is 2.27. The van der Waals surface area contributed by atoms with Crippen molar-refractivity contribution in [3.8, 4) is 10.6 Å². The lowest BCUT2D eigenvalue weighted by molar-refractivity contribution is -0.113. The van der Waals surface area contributed by atoms with Gasteiger partial charge in [-0.15, -0.1) is 22.0 Å². The molecule has 8 heteroatoms. The van der Waals surface area contributed by atoms with Crippen LogP contribution in [0.15, 0.2) is 48.5 Å². The second kappa shape index (κ2) is 8.67. The third kappa shape index (κ3) is 5.44. The fraction of sp³-hybridized carbons (Fsp3) is 0.118. The second-order valence-electron chi connectivity index (χ2n) is 5.09. The molecule has 0 atom stereocenters. The van der Waals surface area contributed by atoms with Gasteiger partial charge in [-0.25, -0.2) is 0 Å². The van der Waals surface area contributed by atoms with Crippen molar-refractivity contribution in [2.24, 2.45) is 0 Å². The Hall–Kier alpha value is -1.60. The molecule has 0 saturated heterocycles. The summed E-state index contributed by atoms with van der Waals surface area (Å²) in [5, 5.41) is 13.5. The van der Waals surface area contributed by atoms with Crippen molar-refractivity contribution in [1.29, 1.82) is 0 Å². The molecule has 0 unspecified atom stereocenters. The van der Waals surface area contributed by atoms with E-state index in [0.29, 0.717) is 20.9 Å². The van der Waals surface area contributed by atoms with Gasteiger partial charge in [0.15, 0.2) is 0 Å². The Morgan fingerprint density at radius 1 is 1.00 bits per heavy atom. The van der Waals surface area contributed by atoms with E-state index in [9.17, 15) is 4.79 Å². The summed E-state index contributed by atoms with van der Waals surface area (Å²) in [5.41, 5.74) is 2.04. The summed E-state index contributed by atoms with van der Waals surface area (Å²) in [5.74, 6) is 0.993. The van der Waals surface area contributed by atoms with Gasteiger partial charge in [-0.3, -0.25) is 10.1 Å². The molecule has 0 saturated carbocycles. The number of aromatic nitrogens is 2. The van der Waals surface area contributed by atoms with E-state index in [1.807, 2.05) is 36.4 Å². The molecule has 0 bridgehead atoms. The van der Waals surface area contributed by atoms with Crippen LogP contribution in [0.2, 0.25) is 10.0 Å². The number of anilines is 1. The van der Waals surface area contributed by atoms with Crippen molar-refractivity contribution in [2.45, 2.75) is 5.75 Å². The van der Waals surface area contributed by atoms with Crippen molar-refractivity contribution in [3.05, 3.63) is 64.1 Å². The Morgan fingerprint density at radius 3 is 2.32 bits per heavy atom. The summed E-state index contributed by atoms with van der Waals surface area (Å²) >= 11 is 14.6. The van der Waals surface area contributed by atoms with E-state index < -0.39 is 0 Å². The highest BCUT2D eigenvalue weighted by atomic mass is 35.5. The molecule has 3 rings (SSSR count). The molecule has 1 amide bonds. The number of hydrogen-bond acceptors (Lipinski definition) is 5. The molecular formula is C17H13Cl2N3OS2. The fourth-order valence-electron chi connectivity index (χ4n) is 1.98. The Labute approximate surface area is 163 Å². The van der Waals surface area contributed by atoms with Gasteiger partial charge in [-0.1, -0.05) is 58.8 Å². The van der Waals surface area contributed by atoms with Gasteiger partial charge in [0, 0.05) is 21.4 Å². The third-order valence-electron chi connectivity index (χ3n) is 3.18. The van der Waals surface area contributed by atoms with Gasteiger partial charge in [0.05, 0.1) is 5.75 Å². The number of rotatable bonds is 6. The highest BCUT2D eigenvalue weighted by Gasteiger charge is 2.10. The standard InChI is InChI=1S/C17H13Cl2N3OS2/c18-13-5-1-11(2-6-13)9-24-10-15(23)20-17-22-21-16(25-17)12-3-7-14(19)8-4-12/h1-8H,9-10H2,(H,20,22,23). The molecule has 1 heterocycles. The molecule has 2 aromatic carbocycles. The maximum Gasteiger partial charge on any atom is 0.236 e. The van der Waals surface area contributed by atoms with Crippen LogP contribution in [-0.2, 0) is 10.5 Å². The van der Waals surface area contributed by atoms with E-state index in [1.54, 1.807) is 12.1 Å². The summed E-state index contributed by atoms with van der Waals surface area (Å²) < 4.78 is 0. The first-order chi connectivity index (χ1) is 12.1. The van der Waals surface area contributed by atoms with Gasteiger partial charge in [0.1, 0.15) is 5.01 Å². The van der Waals surface area contributed by atoms with Crippen LogP contribution in [0.5, 0.6) is 0 Å². The molecule has 0 radical (unpaired) electrons. The highest BCUT2D eigenvalue weighted by molar-refractivity contribution is 7.99. The van der Waals surface area contributed by atoms with Gasteiger partial charge in [-0.2, -0.15) is 0 Å². The molecular weight excluding hydrogens is 397 g/mol. The van der Waals surface area contributed by atoms with Crippen LogP contribution in [0.3, 0.4) is 0 Å². The normalized spacial score (nSPS) is 10.6. The van der Waals surface area contributed by atoms with E-state index in [4.69, 9.17) is 23.2 Å². The van der Waals surface area contributed by atoms with E-state index in [2.05, 4.69) is 15.5 Å². The predicted octanol–water partition coefficient (Wildman–Crippen LogP) is 5.38. The predicted molar refractivity (Wildman–Crippen MR) is 107 cm³/mol. The number of carbonyl (C=O) groups excluding carboxylic acids is 1. The summed E-state index contributed by atoms with van der Waals surface area (Å²) in [4.78, 5) is 12.0. The number of nitrogens with zero attached hydrogens (tertiary/aromatic N) is 2. The minimum Gasteiger partial charge on any atom is -0.300 e. The monoisotopic (exact) mass is 409 g/mol. The van der Waals surface area contributed by atoms with Gasteiger partial charge in [0.25, 0.3) is 0 Å². The molecule has 4 nitrogen and oxygen atoms in total. The lowest BCUT2D eigenvalue weighted by Crippen LogP contribution is -2.13. The summed E-state index contributed by atoms with van der Waals surface area (Å²) in [6.07, 6.45) is 0. The Morgan fingerprint density at radius 2 is 1.64 bits per heavy atom. The van der Waals surface area contributed by atoms with Crippen LogP contribution in [0.1, 0.15) is 5.56 Å². The smallest absolute Gasteiger partial charge is 0.236 e. The Kier molecular flexibility index (Phi) is 6.31. The third-order valence-corrected chi connectivity index (χ3v) is 5.57. The molecule has 0 aliphatic carbocycles. The first-order valence-corrected chi connectivity index (χ1v) is 10.0. The number of nitrogens with one attached hydrogen (secondary N) is 1. The summed E-state index contributed by atoms with van der Waals surface area (Å²) in [7, 11) is 0. The summed E-state index contributed by atoms with van der Waals surface area (Å²) in [6.45, 7) is 0. The topological polar surface area (TPSA) is 54.9 Å². The van der Waals surface area contributed by atoms with Crippen LogP contribution < -0.4 is 5.32 Å². The van der Waals surface area contributed by atoms with Crippen molar-refractivity contribution in [3.63, 3.8) is 0 Å². The van der Waals surface area contributed by atoms with Crippen molar-refractivity contribution in [2.75, 3.05) is 11.1 Å². The number of carbonyl (C=O) groups is 1. The van der Waals surface area contributed by atoms with Crippen LogP contribution in [0, 0.1) is 0 Å². The van der Waals surface area contributed by atoms with E-state index in [1.165, 1.54) is 23.1 Å². The van der Waals surface area contributed by atoms with Crippen LogP contribution in [-0.4, -0.2) is 21.9 Å². The maximum absolute atomic E-state index is 12.0. The lowest BCUT2D eigenvalue weighted by atomic mass is 10.2. The van der Waals surface area contributed by atoms with Gasteiger partial charge in [-0.05, 0) is 29.8 Å². The Balaban J connectivity index is 1.49. The van der Waals surface area contributed by atoms with E-state index >= 15 is 0 Å². The number of benzene rings is 2. The molecule has 0 aliphatic rings. The first-order valence-electron chi connectivity index (χ1n) is 7.31. The quantitative estimate of drug-likeness (QED) is 0.593. The average molecular weight is 410 g/mol. The first kappa shape index (κ1) is 18.2. The average Bonchev–Trinajstić information content (AvgIpc) is 3.06. The van der Waals surface area contributed by atoms with Crippen LogP contribution in [0.25, 0.3) is 10.6 Å². The largest absolute Gasteiger partial charge is 0.300 e. The van der Waals surface area contributed by atoms with E-state index in [0.717, 1.165) is 21.9 Å². The molecule has 0 spiro atoms. The molecule has 1 N–H and O–H groups in total. The number of thioether (sulfide) groups is 1. The zero-order chi connectivity index (χ0) is 17.6. The van der Waals surface area contributed by atoms with Gasteiger partial charge >= 0.3 is 0 Å². The molecule has 25 heavy (non-hydrogen) atoms. The number of amides is 1. The van der Waals surface area contributed by atoms with E-state index in [-0.39, 0.29) is 5.91 Å². The zero-order valence-electron chi connectivity index (χ0n) is 12.9. The molecule has 3 aromatic rings. The SMILES string of the molecule is O=C(CSCc1ccc(Cl)cc1)Nc1nnc(-c2ccc(Cl)cc2)s1. The Bertz CT molecular complexity index is 851. The minimum absolute atomic E-state index is 0.0993. The minimum atomic E-state index is -0.0993. The van der Waals surface area contributed by atoms with Gasteiger partial charge < -0.3 is 0 Å². The number of hydrogen-bond donors (Lipinski definition) is 1. The summed E-state index contributed by atoms with van der Waals surface area (Å²) in [6, 6.07) is 14.9. The molecule has 1 aromatic heterocycles. The van der Waals surface area contributed by atoms with Crippen molar-refractivity contribution < 1.29 is 4.79 Å². The second-order valence-corrected chi connectivity index (χ2v) is 7.92. The lowest BCUT2D eigenvalue weighted by Gasteiger charge is -2.02. The molecule has 0 aliphatic heterocycles. The zero-order valence-corrected chi connectivity index (χ0v) is 16.1. The van der Waals surface area contributed by atoms with Crippen LogP contribution in [0.4, 0.5) is 5.13 Å². The molecule has 0 fully saturated rings. The number of halogens is 2. The van der Waals surface area contributed by atoms with Crippen LogP contribution >= 0.6 is 46.3 Å². The molecule has 128 valence electrons. The van der Waals surface area contributed by atoms with Crippen molar-refractivity contribution in [1.82, 2.24) is 10.2 Å². The maximum atomic E-state index is 12.0. The van der Waals surface area contributed by atoms with Gasteiger partial charge in [0.2, 0.25) is 11.0 Å². The fourth-order valence-corrected chi connectivity index (χ4v) is 3.79.